The summed E-state index contributed by atoms with van der Waals surface area (Å²) < 4.78 is 0. The molecule has 0 bridgehead atoms. The van der Waals surface area contributed by atoms with Crippen molar-refractivity contribution in [2.45, 2.75) is 26.7 Å². The number of hydrogen-bond acceptors (Lipinski definition) is 2. The molecule has 1 amide bonds. The number of benzene rings is 1. The molecule has 0 aliphatic rings. The highest BCUT2D eigenvalue weighted by atomic mass is 35.5. The Morgan fingerprint density at radius 3 is 2.75 bits per heavy atom. The first kappa shape index (κ1) is 14.8. The predicted octanol–water partition coefficient (Wildman–Crippen LogP) is 4.15. The molecule has 0 fully saturated rings. The third-order valence-corrected chi connectivity index (χ3v) is 3.65. The van der Waals surface area contributed by atoms with E-state index in [9.17, 15) is 4.79 Å². The third kappa shape index (κ3) is 3.10. The molecule has 0 radical (unpaired) electrons. The molecular formula is C16H19ClN2O. The van der Waals surface area contributed by atoms with Crippen molar-refractivity contribution in [2.75, 3.05) is 13.1 Å². The molecule has 1 aromatic heterocycles. The van der Waals surface area contributed by atoms with E-state index in [1.807, 2.05) is 42.2 Å². The van der Waals surface area contributed by atoms with E-state index in [0.717, 1.165) is 30.2 Å². The maximum atomic E-state index is 12.5. The van der Waals surface area contributed by atoms with Crippen molar-refractivity contribution in [3.05, 3.63) is 41.2 Å². The number of pyridine rings is 1. The van der Waals surface area contributed by atoms with Crippen LogP contribution >= 0.6 is 11.6 Å². The normalized spacial score (nSPS) is 10.8. The second kappa shape index (κ2) is 6.71. The Balaban J connectivity index is 2.34. The van der Waals surface area contributed by atoms with Crippen LogP contribution in [-0.4, -0.2) is 28.9 Å². The van der Waals surface area contributed by atoms with Gasteiger partial charge >= 0.3 is 0 Å². The van der Waals surface area contributed by atoms with E-state index in [0.29, 0.717) is 17.4 Å². The average Bonchev–Trinajstić information content (AvgIpc) is 2.47. The van der Waals surface area contributed by atoms with Crippen molar-refractivity contribution in [3.63, 3.8) is 0 Å². The van der Waals surface area contributed by atoms with Crippen LogP contribution in [0.5, 0.6) is 0 Å². The summed E-state index contributed by atoms with van der Waals surface area (Å²) in [6.07, 6.45) is 2.07. The van der Waals surface area contributed by atoms with Crippen LogP contribution in [0.15, 0.2) is 30.3 Å². The molecule has 1 aromatic carbocycles. The molecule has 20 heavy (non-hydrogen) atoms. The lowest BCUT2D eigenvalue weighted by molar-refractivity contribution is 0.0756. The van der Waals surface area contributed by atoms with Crippen LogP contribution in [0.4, 0.5) is 0 Å². The van der Waals surface area contributed by atoms with Gasteiger partial charge in [-0.1, -0.05) is 49.2 Å². The number of aromatic nitrogens is 1. The van der Waals surface area contributed by atoms with E-state index >= 15 is 0 Å². The summed E-state index contributed by atoms with van der Waals surface area (Å²) in [7, 11) is 0. The van der Waals surface area contributed by atoms with E-state index in [2.05, 4.69) is 11.9 Å². The summed E-state index contributed by atoms with van der Waals surface area (Å²) in [5.41, 5.74) is 0.423. The lowest BCUT2D eigenvalue weighted by atomic mass is 10.1. The minimum atomic E-state index is -0.0476. The number of amides is 1. The molecule has 106 valence electrons. The van der Waals surface area contributed by atoms with Gasteiger partial charge in [-0.15, -0.1) is 0 Å². The summed E-state index contributed by atoms with van der Waals surface area (Å²) in [4.78, 5) is 18.6. The van der Waals surface area contributed by atoms with Crippen LogP contribution in [0.25, 0.3) is 10.8 Å². The number of hydrogen-bond donors (Lipinski definition) is 0. The zero-order valence-electron chi connectivity index (χ0n) is 11.9. The Kier molecular flexibility index (Phi) is 4.96. The van der Waals surface area contributed by atoms with Gasteiger partial charge in [0.25, 0.3) is 5.91 Å². The molecule has 4 heteroatoms. The van der Waals surface area contributed by atoms with Crippen LogP contribution in [-0.2, 0) is 0 Å². The monoisotopic (exact) mass is 290 g/mol. The number of nitrogens with zero attached hydrogens (tertiary/aromatic N) is 2. The molecule has 0 saturated heterocycles. The van der Waals surface area contributed by atoms with Crippen molar-refractivity contribution < 1.29 is 4.79 Å². The predicted molar refractivity (Wildman–Crippen MR) is 83.2 cm³/mol. The second-order valence-electron chi connectivity index (χ2n) is 4.76. The zero-order chi connectivity index (χ0) is 14.5. The van der Waals surface area contributed by atoms with Crippen molar-refractivity contribution >= 4 is 28.3 Å². The van der Waals surface area contributed by atoms with E-state index in [4.69, 9.17) is 11.6 Å². The molecule has 3 nitrogen and oxygen atoms in total. The number of unbranched alkanes of at least 4 members (excludes halogenated alkanes) is 1. The average molecular weight is 291 g/mol. The molecule has 0 unspecified atom stereocenters. The summed E-state index contributed by atoms with van der Waals surface area (Å²) in [6.45, 7) is 5.54. The summed E-state index contributed by atoms with van der Waals surface area (Å²) in [5, 5.41) is 2.21. The first-order chi connectivity index (χ1) is 9.67. The van der Waals surface area contributed by atoms with E-state index < -0.39 is 0 Å². The molecule has 0 saturated carbocycles. The van der Waals surface area contributed by atoms with Gasteiger partial charge in [0, 0.05) is 18.5 Å². The van der Waals surface area contributed by atoms with E-state index in [1.165, 1.54) is 0 Å². The maximum absolute atomic E-state index is 12.5. The fraction of sp³-hybridized carbons (Fsp3) is 0.375. The Labute approximate surface area is 124 Å². The van der Waals surface area contributed by atoms with Crippen molar-refractivity contribution in [3.8, 4) is 0 Å². The number of rotatable bonds is 5. The van der Waals surface area contributed by atoms with Crippen LogP contribution in [0.1, 0.15) is 37.2 Å². The van der Waals surface area contributed by atoms with Crippen molar-refractivity contribution in [1.29, 1.82) is 0 Å². The van der Waals surface area contributed by atoms with Crippen LogP contribution < -0.4 is 0 Å². The number of carbonyl (C=O) groups excluding carboxylic acids is 1. The standard InChI is InChI=1S/C16H19ClN2O/c1-3-5-10-19(4-2)16(20)14-11-12-8-6-7-9-13(12)15(17)18-14/h6-9,11H,3-5,10H2,1-2H3. The highest BCUT2D eigenvalue weighted by Crippen LogP contribution is 2.22. The lowest BCUT2D eigenvalue weighted by Crippen LogP contribution is -2.32. The summed E-state index contributed by atoms with van der Waals surface area (Å²) >= 11 is 6.18. The smallest absolute Gasteiger partial charge is 0.272 e. The summed E-state index contributed by atoms with van der Waals surface area (Å²) in [5.74, 6) is -0.0476. The highest BCUT2D eigenvalue weighted by molar-refractivity contribution is 6.34. The molecule has 0 atom stereocenters. The van der Waals surface area contributed by atoms with Gasteiger partial charge in [-0.25, -0.2) is 4.98 Å². The first-order valence-corrected chi connectivity index (χ1v) is 7.39. The molecule has 2 aromatic rings. The highest BCUT2D eigenvalue weighted by Gasteiger charge is 2.16. The molecule has 2 rings (SSSR count). The Bertz CT molecular complexity index is 612. The van der Waals surface area contributed by atoms with Gasteiger partial charge in [0.1, 0.15) is 10.8 Å². The SMILES string of the molecule is CCCCN(CC)C(=O)c1cc2ccccc2c(Cl)n1. The number of fused-ring (bicyclic) bond motifs is 1. The van der Waals surface area contributed by atoms with Gasteiger partial charge < -0.3 is 4.90 Å². The molecule has 0 N–H and O–H groups in total. The fourth-order valence-electron chi connectivity index (χ4n) is 2.18. The van der Waals surface area contributed by atoms with Crippen LogP contribution in [0.3, 0.4) is 0 Å². The van der Waals surface area contributed by atoms with Crippen LogP contribution in [0, 0.1) is 0 Å². The second-order valence-corrected chi connectivity index (χ2v) is 5.12. The Morgan fingerprint density at radius 1 is 1.30 bits per heavy atom. The summed E-state index contributed by atoms with van der Waals surface area (Å²) in [6, 6.07) is 9.52. The van der Waals surface area contributed by atoms with Crippen LogP contribution in [0.2, 0.25) is 5.15 Å². The Hall–Kier alpha value is -1.61. The topological polar surface area (TPSA) is 33.2 Å². The molecular weight excluding hydrogens is 272 g/mol. The molecule has 0 aliphatic carbocycles. The maximum Gasteiger partial charge on any atom is 0.272 e. The van der Waals surface area contributed by atoms with Crippen molar-refractivity contribution in [2.24, 2.45) is 0 Å². The fourth-order valence-corrected chi connectivity index (χ4v) is 2.44. The first-order valence-electron chi connectivity index (χ1n) is 7.02. The van der Waals surface area contributed by atoms with E-state index in [1.54, 1.807) is 0 Å². The minimum absolute atomic E-state index is 0.0476. The molecule has 0 aliphatic heterocycles. The zero-order valence-corrected chi connectivity index (χ0v) is 12.7. The minimum Gasteiger partial charge on any atom is -0.338 e. The van der Waals surface area contributed by atoms with Gasteiger partial charge in [-0.2, -0.15) is 0 Å². The van der Waals surface area contributed by atoms with Gasteiger partial charge in [0.2, 0.25) is 0 Å². The third-order valence-electron chi connectivity index (χ3n) is 3.36. The van der Waals surface area contributed by atoms with Crippen molar-refractivity contribution in [1.82, 2.24) is 9.88 Å². The quantitative estimate of drug-likeness (QED) is 0.775. The van der Waals surface area contributed by atoms with Gasteiger partial charge in [0.05, 0.1) is 0 Å². The number of carbonyl (C=O) groups is 1. The lowest BCUT2D eigenvalue weighted by Gasteiger charge is -2.20. The largest absolute Gasteiger partial charge is 0.338 e. The molecule has 0 spiro atoms. The van der Waals surface area contributed by atoms with Gasteiger partial charge in [0.15, 0.2) is 0 Å². The van der Waals surface area contributed by atoms with Gasteiger partial charge in [-0.3, -0.25) is 4.79 Å². The van der Waals surface area contributed by atoms with E-state index in [-0.39, 0.29) is 5.91 Å². The Morgan fingerprint density at radius 2 is 2.05 bits per heavy atom. The van der Waals surface area contributed by atoms with Gasteiger partial charge in [-0.05, 0) is 24.8 Å². The molecule has 1 heterocycles. The number of halogens is 1.